The van der Waals surface area contributed by atoms with Gasteiger partial charge >= 0.3 is 6.18 Å². The van der Waals surface area contributed by atoms with E-state index in [0.717, 1.165) is 17.7 Å². The highest BCUT2D eigenvalue weighted by Gasteiger charge is 2.50. The zero-order chi connectivity index (χ0) is 19.1. The van der Waals surface area contributed by atoms with Gasteiger partial charge in [-0.25, -0.2) is 14.8 Å². The van der Waals surface area contributed by atoms with E-state index in [9.17, 15) is 22.4 Å². The van der Waals surface area contributed by atoms with E-state index in [2.05, 4.69) is 16.1 Å². The second-order valence-corrected chi connectivity index (χ2v) is 6.81. The van der Waals surface area contributed by atoms with Gasteiger partial charge in [0.05, 0.1) is 17.8 Å². The number of fused-ring (bicyclic) bond motifs is 1. The van der Waals surface area contributed by atoms with Gasteiger partial charge < -0.3 is 5.32 Å². The van der Waals surface area contributed by atoms with Gasteiger partial charge in [-0.1, -0.05) is 19.1 Å². The van der Waals surface area contributed by atoms with Crippen molar-refractivity contribution in [3.63, 3.8) is 0 Å². The van der Waals surface area contributed by atoms with Crippen LogP contribution < -0.4 is 16.1 Å². The van der Waals surface area contributed by atoms with Crippen molar-refractivity contribution in [2.45, 2.75) is 50.2 Å². The van der Waals surface area contributed by atoms with Gasteiger partial charge in [0.2, 0.25) is 5.91 Å². The molecular formula is C17H22F4N4O. The maximum absolute atomic E-state index is 12.9. The first kappa shape index (κ1) is 19.1. The van der Waals surface area contributed by atoms with Crippen LogP contribution in [0.15, 0.2) is 24.3 Å². The van der Waals surface area contributed by atoms with E-state index < -0.39 is 24.5 Å². The number of nitrogens with zero attached hydrogens (tertiary/aromatic N) is 1. The summed E-state index contributed by atoms with van der Waals surface area (Å²) in [5.41, 5.74) is 3.19. The van der Waals surface area contributed by atoms with Crippen molar-refractivity contribution in [2.24, 2.45) is 0 Å². The molecule has 3 rings (SSSR count). The second-order valence-electron chi connectivity index (χ2n) is 6.81. The van der Waals surface area contributed by atoms with Gasteiger partial charge in [-0.05, 0) is 30.5 Å². The van der Waals surface area contributed by atoms with Gasteiger partial charge in [0.1, 0.15) is 12.7 Å². The van der Waals surface area contributed by atoms with Crippen LogP contribution >= 0.6 is 0 Å². The average molecular weight is 374 g/mol. The fraction of sp³-hybridized carbons (Fsp3) is 0.588. The van der Waals surface area contributed by atoms with Gasteiger partial charge in [-0.15, -0.1) is 0 Å². The molecule has 26 heavy (non-hydrogen) atoms. The molecule has 0 aromatic heterocycles. The van der Waals surface area contributed by atoms with E-state index in [1.807, 2.05) is 13.8 Å². The lowest BCUT2D eigenvalue weighted by Crippen LogP contribution is -2.66. The van der Waals surface area contributed by atoms with Gasteiger partial charge in [0.15, 0.2) is 0 Å². The van der Waals surface area contributed by atoms with E-state index in [4.69, 9.17) is 0 Å². The third-order valence-corrected chi connectivity index (χ3v) is 5.08. The Labute approximate surface area is 149 Å². The summed E-state index contributed by atoms with van der Waals surface area (Å²) in [6.07, 6.45) is -4.62. The van der Waals surface area contributed by atoms with Gasteiger partial charge in [-0.3, -0.25) is 10.1 Å². The first-order chi connectivity index (χ1) is 12.2. The third kappa shape index (κ3) is 3.56. The Morgan fingerprint density at radius 2 is 1.88 bits per heavy atom. The summed E-state index contributed by atoms with van der Waals surface area (Å²) in [6.45, 7) is 3.14. The Hall–Kier alpha value is -1.71. The Balaban J connectivity index is 1.83. The van der Waals surface area contributed by atoms with E-state index >= 15 is 0 Å². The maximum atomic E-state index is 12.9. The molecule has 9 heteroatoms. The number of rotatable bonds is 4. The Kier molecular flexibility index (Phi) is 5.23. The minimum Gasteiger partial charge on any atom is -0.340 e. The molecule has 1 aromatic carbocycles. The normalized spacial score (nSPS) is 30.8. The molecule has 0 saturated carbocycles. The molecule has 2 heterocycles. The number of amides is 1. The lowest BCUT2D eigenvalue weighted by molar-refractivity contribution is -0.137. The highest BCUT2D eigenvalue weighted by atomic mass is 19.4. The van der Waals surface area contributed by atoms with Crippen LogP contribution in [0.5, 0.6) is 0 Å². The van der Waals surface area contributed by atoms with Crippen LogP contribution in [0.3, 0.4) is 0 Å². The van der Waals surface area contributed by atoms with Crippen LogP contribution in [-0.4, -0.2) is 48.4 Å². The monoisotopic (exact) mass is 374 g/mol. The SMILES string of the molecule is CC1NC(=O)C2C(N1)C([C@H](C)c1ccc(C(F)(F)F)cc1)NN2CCF. The van der Waals surface area contributed by atoms with E-state index in [1.54, 1.807) is 5.01 Å². The van der Waals surface area contributed by atoms with Crippen LogP contribution in [0.2, 0.25) is 0 Å². The van der Waals surface area contributed by atoms with Crippen molar-refractivity contribution in [1.29, 1.82) is 0 Å². The molecule has 0 bridgehead atoms. The first-order valence-corrected chi connectivity index (χ1v) is 8.54. The van der Waals surface area contributed by atoms with Crippen molar-refractivity contribution < 1.29 is 22.4 Å². The summed E-state index contributed by atoms with van der Waals surface area (Å²) in [6, 6.07) is 3.92. The average Bonchev–Trinajstić information content (AvgIpc) is 2.92. The smallest absolute Gasteiger partial charge is 0.340 e. The summed E-state index contributed by atoms with van der Waals surface area (Å²) < 4.78 is 51.1. The highest BCUT2D eigenvalue weighted by Crippen LogP contribution is 2.33. The number of hydrazine groups is 1. The lowest BCUT2D eigenvalue weighted by atomic mass is 9.86. The number of carbonyl (C=O) groups is 1. The Bertz CT molecular complexity index is 651. The molecule has 5 nitrogen and oxygen atoms in total. The van der Waals surface area contributed by atoms with Crippen LogP contribution in [0, 0.1) is 0 Å². The van der Waals surface area contributed by atoms with Crippen LogP contribution in [-0.2, 0) is 11.0 Å². The third-order valence-electron chi connectivity index (χ3n) is 5.08. The van der Waals surface area contributed by atoms with Crippen LogP contribution in [0.25, 0.3) is 0 Å². The Morgan fingerprint density at radius 1 is 1.23 bits per heavy atom. The minimum absolute atomic E-state index is 0.0564. The molecule has 144 valence electrons. The van der Waals surface area contributed by atoms with Crippen molar-refractivity contribution in [3.8, 4) is 0 Å². The number of halogens is 4. The molecule has 0 spiro atoms. The van der Waals surface area contributed by atoms with E-state index in [1.165, 1.54) is 12.1 Å². The number of benzene rings is 1. The van der Waals surface area contributed by atoms with Crippen molar-refractivity contribution in [2.75, 3.05) is 13.2 Å². The summed E-state index contributed by atoms with van der Waals surface area (Å²) in [4.78, 5) is 12.4. The largest absolute Gasteiger partial charge is 0.416 e. The summed E-state index contributed by atoms with van der Waals surface area (Å²) in [5.74, 6) is -0.371. The molecule has 0 aliphatic carbocycles. The maximum Gasteiger partial charge on any atom is 0.416 e. The van der Waals surface area contributed by atoms with Crippen LogP contribution in [0.4, 0.5) is 17.6 Å². The van der Waals surface area contributed by atoms with E-state index in [0.29, 0.717) is 0 Å². The summed E-state index contributed by atoms with van der Waals surface area (Å²) >= 11 is 0. The minimum atomic E-state index is -4.38. The zero-order valence-electron chi connectivity index (χ0n) is 14.5. The number of hydrogen-bond donors (Lipinski definition) is 3. The molecule has 2 saturated heterocycles. The molecule has 2 aliphatic rings. The van der Waals surface area contributed by atoms with Crippen molar-refractivity contribution >= 4 is 5.91 Å². The number of hydrogen-bond acceptors (Lipinski definition) is 4. The van der Waals surface area contributed by atoms with Crippen molar-refractivity contribution in [1.82, 2.24) is 21.1 Å². The number of nitrogens with one attached hydrogen (secondary N) is 3. The molecule has 3 N–H and O–H groups in total. The predicted octanol–water partition coefficient (Wildman–Crippen LogP) is 1.77. The molecule has 2 fully saturated rings. The highest BCUT2D eigenvalue weighted by molar-refractivity contribution is 5.84. The fourth-order valence-electron chi connectivity index (χ4n) is 3.77. The molecule has 0 radical (unpaired) electrons. The lowest BCUT2D eigenvalue weighted by Gasteiger charge is -2.36. The topological polar surface area (TPSA) is 56.4 Å². The second kappa shape index (κ2) is 7.13. The van der Waals surface area contributed by atoms with Gasteiger partial charge in [-0.2, -0.15) is 13.2 Å². The number of carbonyl (C=O) groups excluding carboxylic acids is 1. The molecular weight excluding hydrogens is 352 g/mol. The molecule has 4 unspecified atom stereocenters. The standard InChI is InChI=1S/C17H22F4N4O/c1-9(11-3-5-12(6-4-11)17(19,20)21)13-14-15(25(24-13)8-7-18)16(26)23-10(2)22-14/h3-6,9-10,13-15,22,24H,7-8H2,1-2H3,(H,23,26)/t9-,10?,13?,14?,15?/m1/s1. The quantitative estimate of drug-likeness (QED) is 0.704. The summed E-state index contributed by atoms with van der Waals surface area (Å²) in [5, 5.41) is 7.65. The van der Waals surface area contributed by atoms with Crippen molar-refractivity contribution in [3.05, 3.63) is 35.4 Å². The first-order valence-electron chi connectivity index (χ1n) is 8.54. The van der Waals surface area contributed by atoms with E-state index in [-0.39, 0.29) is 36.6 Å². The molecule has 1 amide bonds. The summed E-state index contributed by atoms with van der Waals surface area (Å²) in [7, 11) is 0. The zero-order valence-corrected chi connectivity index (χ0v) is 14.5. The van der Waals surface area contributed by atoms with Crippen LogP contribution in [0.1, 0.15) is 30.9 Å². The van der Waals surface area contributed by atoms with Gasteiger partial charge in [0, 0.05) is 12.6 Å². The molecule has 1 aromatic rings. The van der Waals surface area contributed by atoms with Gasteiger partial charge in [0.25, 0.3) is 0 Å². The Morgan fingerprint density at radius 3 is 2.46 bits per heavy atom. The number of alkyl halides is 4. The fourth-order valence-corrected chi connectivity index (χ4v) is 3.77. The predicted molar refractivity (Wildman–Crippen MR) is 87.8 cm³/mol. The molecule has 2 aliphatic heterocycles. The molecule has 5 atom stereocenters.